The molecule has 3 aromatic rings. The van der Waals surface area contributed by atoms with Crippen LogP contribution in [0.1, 0.15) is 23.4 Å². The Hall–Kier alpha value is -2.04. The maximum absolute atomic E-state index is 9.12. The van der Waals surface area contributed by atoms with Gasteiger partial charge in [-0.25, -0.2) is 4.98 Å². The normalized spacial score (nSPS) is 11.2. The van der Waals surface area contributed by atoms with Crippen LogP contribution in [0.3, 0.4) is 0 Å². The van der Waals surface area contributed by atoms with E-state index in [1.165, 1.54) is 0 Å². The van der Waals surface area contributed by atoms with Crippen molar-refractivity contribution in [2.24, 2.45) is 0 Å². The molecule has 0 fully saturated rings. The summed E-state index contributed by atoms with van der Waals surface area (Å²) in [5, 5.41) is 9.91. The summed E-state index contributed by atoms with van der Waals surface area (Å²) >= 11 is 6.21. The number of aliphatic hydroxyl groups is 1. The molecule has 0 atom stereocenters. The van der Waals surface area contributed by atoms with Gasteiger partial charge in [0.25, 0.3) is 0 Å². The van der Waals surface area contributed by atoms with Crippen molar-refractivity contribution in [3.63, 3.8) is 0 Å². The van der Waals surface area contributed by atoms with Gasteiger partial charge in [0.05, 0.1) is 17.6 Å². The summed E-state index contributed by atoms with van der Waals surface area (Å²) in [6.07, 6.45) is 1.46. The van der Waals surface area contributed by atoms with Gasteiger partial charge in [-0.1, -0.05) is 23.7 Å². The number of hydrogen-bond acceptors (Lipinski definition) is 3. The third kappa shape index (κ3) is 3.97. The minimum Gasteiger partial charge on any atom is -0.492 e. The molecule has 0 amide bonds. The minimum atomic E-state index is 0.170. The molecule has 0 spiro atoms. The molecule has 0 aliphatic rings. The maximum atomic E-state index is 9.12. The van der Waals surface area contributed by atoms with Crippen molar-refractivity contribution in [2.45, 2.75) is 33.2 Å². The molecular weight excluding hydrogens is 336 g/mol. The number of rotatable bonds is 7. The monoisotopic (exact) mass is 358 g/mol. The summed E-state index contributed by atoms with van der Waals surface area (Å²) in [7, 11) is 0. The molecule has 1 aromatic heterocycles. The van der Waals surface area contributed by atoms with E-state index < -0.39 is 0 Å². The van der Waals surface area contributed by atoms with Crippen LogP contribution in [0.5, 0.6) is 5.75 Å². The first-order chi connectivity index (χ1) is 12.1. The average molecular weight is 359 g/mol. The molecule has 3 rings (SSSR count). The largest absolute Gasteiger partial charge is 0.492 e. The second-order valence-electron chi connectivity index (χ2n) is 6.22. The highest BCUT2D eigenvalue weighted by atomic mass is 35.5. The molecule has 5 heteroatoms. The third-order valence-corrected chi connectivity index (χ3v) is 4.88. The predicted molar refractivity (Wildman–Crippen MR) is 102 cm³/mol. The van der Waals surface area contributed by atoms with Crippen LogP contribution in [0.2, 0.25) is 5.02 Å². The van der Waals surface area contributed by atoms with Gasteiger partial charge in [-0.05, 0) is 55.7 Å². The number of ether oxygens (including phenoxy) is 1. The van der Waals surface area contributed by atoms with Crippen molar-refractivity contribution >= 4 is 22.6 Å². The molecule has 2 aromatic carbocycles. The molecule has 0 unspecified atom stereocenters. The van der Waals surface area contributed by atoms with Gasteiger partial charge in [-0.3, -0.25) is 0 Å². The Kier molecular flexibility index (Phi) is 5.61. The number of para-hydroxylation sites is 2. The molecule has 0 bridgehead atoms. The molecule has 0 saturated carbocycles. The number of halogens is 1. The van der Waals surface area contributed by atoms with Crippen LogP contribution in [0, 0.1) is 13.8 Å². The van der Waals surface area contributed by atoms with Gasteiger partial charge in [0.15, 0.2) is 0 Å². The Morgan fingerprint density at radius 3 is 2.60 bits per heavy atom. The standard InChI is InChI=1S/C20H23ClN2O2/c1-14-12-16(13-15(2)20(14)21)25-11-9-23-18-7-4-3-6-17(18)22-19(23)8-5-10-24/h3-4,6-7,12-13,24H,5,8-11H2,1-2H3. The molecule has 0 aliphatic heterocycles. The van der Waals surface area contributed by atoms with Crippen LogP contribution in [0.15, 0.2) is 36.4 Å². The van der Waals surface area contributed by atoms with Crippen LogP contribution < -0.4 is 4.74 Å². The number of aromatic nitrogens is 2. The smallest absolute Gasteiger partial charge is 0.120 e. The van der Waals surface area contributed by atoms with E-state index in [2.05, 4.69) is 10.6 Å². The Balaban J connectivity index is 1.76. The third-order valence-electron chi connectivity index (χ3n) is 4.29. The zero-order chi connectivity index (χ0) is 17.8. The van der Waals surface area contributed by atoms with Crippen LogP contribution in [-0.4, -0.2) is 27.9 Å². The SMILES string of the molecule is Cc1cc(OCCn2c(CCCO)nc3ccccc32)cc(C)c1Cl. The number of hydrogen-bond donors (Lipinski definition) is 1. The zero-order valence-corrected chi connectivity index (χ0v) is 15.4. The zero-order valence-electron chi connectivity index (χ0n) is 14.6. The second-order valence-corrected chi connectivity index (χ2v) is 6.59. The Labute approximate surface area is 153 Å². The molecule has 1 heterocycles. The number of aliphatic hydroxyl groups excluding tert-OH is 1. The molecule has 0 aliphatic carbocycles. The summed E-state index contributed by atoms with van der Waals surface area (Å²) in [5.41, 5.74) is 4.12. The molecule has 1 N–H and O–H groups in total. The molecule has 0 saturated heterocycles. The second kappa shape index (κ2) is 7.89. The van der Waals surface area contributed by atoms with Crippen molar-refractivity contribution in [1.82, 2.24) is 9.55 Å². The van der Waals surface area contributed by atoms with E-state index in [-0.39, 0.29) is 6.61 Å². The van der Waals surface area contributed by atoms with Gasteiger partial charge in [-0.15, -0.1) is 0 Å². The molecule has 0 radical (unpaired) electrons. The van der Waals surface area contributed by atoms with E-state index in [0.717, 1.165) is 45.2 Å². The number of aryl methyl sites for hydroxylation is 3. The van der Waals surface area contributed by atoms with Gasteiger partial charge in [-0.2, -0.15) is 0 Å². The summed E-state index contributed by atoms with van der Waals surface area (Å²) in [5.74, 6) is 1.82. The summed E-state index contributed by atoms with van der Waals surface area (Å²) in [6.45, 7) is 5.40. The Morgan fingerprint density at radius 1 is 1.16 bits per heavy atom. The number of nitrogens with zero attached hydrogens (tertiary/aromatic N) is 2. The lowest BCUT2D eigenvalue weighted by Gasteiger charge is -2.12. The summed E-state index contributed by atoms with van der Waals surface area (Å²) < 4.78 is 8.13. The highest BCUT2D eigenvalue weighted by Crippen LogP contribution is 2.26. The quantitative estimate of drug-likeness (QED) is 0.684. The van der Waals surface area contributed by atoms with Crippen LogP contribution >= 0.6 is 11.6 Å². The van der Waals surface area contributed by atoms with Crippen molar-refractivity contribution in [3.05, 3.63) is 58.4 Å². The number of fused-ring (bicyclic) bond motifs is 1. The van der Waals surface area contributed by atoms with Gasteiger partial charge >= 0.3 is 0 Å². The lowest BCUT2D eigenvalue weighted by Crippen LogP contribution is -2.12. The van der Waals surface area contributed by atoms with Crippen molar-refractivity contribution in [2.75, 3.05) is 13.2 Å². The van der Waals surface area contributed by atoms with Gasteiger partial charge < -0.3 is 14.4 Å². The van der Waals surface area contributed by atoms with Crippen molar-refractivity contribution in [1.29, 1.82) is 0 Å². The van der Waals surface area contributed by atoms with E-state index in [1.807, 2.05) is 44.2 Å². The number of imidazole rings is 1. The van der Waals surface area contributed by atoms with Crippen LogP contribution in [0.4, 0.5) is 0 Å². The fourth-order valence-electron chi connectivity index (χ4n) is 3.05. The van der Waals surface area contributed by atoms with Crippen molar-refractivity contribution < 1.29 is 9.84 Å². The molecular formula is C20H23ClN2O2. The summed E-state index contributed by atoms with van der Waals surface area (Å²) in [6, 6.07) is 12.0. The van der Waals surface area contributed by atoms with Crippen molar-refractivity contribution in [3.8, 4) is 5.75 Å². The maximum Gasteiger partial charge on any atom is 0.120 e. The van der Waals surface area contributed by atoms with E-state index in [9.17, 15) is 0 Å². The first-order valence-electron chi connectivity index (χ1n) is 8.54. The van der Waals surface area contributed by atoms with Crippen LogP contribution in [0.25, 0.3) is 11.0 Å². The van der Waals surface area contributed by atoms with E-state index >= 15 is 0 Å². The highest BCUT2D eigenvalue weighted by molar-refractivity contribution is 6.32. The fraction of sp³-hybridized carbons (Fsp3) is 0.350. The Morgan fingerprint density at radius 2 is 1.88 bits per heavy atom. The van der Waals surface area contributed by atoms with E-state index in [4.69, 9.17) is 26.4 Å². The Bertz CT molecular complexity index is 850. The van der Waals surface area contributed by atoms with E-state index in [1.54, 1.807) is 0 Å². The molecule has 4 nitrogen and oxygen atoms in total. The number of benzene rings is 2. The van der Waals surface area contributed by atoms with Gasteiger partial charge in [0.1, 0.15) is 18.2 Å². The van der Waals surface area contributed by atoms with Gasteiger partial charge in [0, 0.05) is 18.1 Å². The molecule has 132 valence electrons. The highest BCUT2D eigenvalue weighted by Gasteiger charge is 2.10. The molecule has 25 heavy (non-hydrogen) atoms. The lowest BCUT2D eigenvalue weighted by atomic mass is 10.1. The predicted octanol–water partition coefficient (Wildman–Crippen LogP) is 4.31. The summed E-state index contributed by atoms with van der Waals surface area (Å²) in [4.78, 5) is 4.69. The first-order valence-corrected chi connectivity index (χ1v) is 8.92. The van der Waals surface area contributed by atoms with Gasteiger partial charge in [0.2, 0.25) is 0 Å². The fourth-order valence-corrected chi connectivity index (χ4v) is 3.16. The van der Waals surface area contributed by atoms with E-state index in [0.29, 0.717) is 19.6 Å². The lowest BCUT2D eigenvalue weighted by molar-refractivity contribution is 0.283. The minimum absolute atomic E-state index is 0.170. The first kappa shape index (κ1) is 17.8. The van der Waals surface area contributed by atoms with Crippen LogP contribution in [-0.2, 0) is 13.0 Å². The topological polar surface area (TPSA) is 47.3 Å². The average Bonchev–Trinajstić information content (AvgIpc) is 2.95.